The minimum Gasteiger partial charge on any atom is -0.399 e. The van der Waals surface area contributed by atoms with E-state index in [2.05, 4.69) is 0 Å². The lowest BCUT2D eigenvalue weighted by Gasteiger charge is -2.39. The Morgan fingerprint density at radius 3 is 2.35 bits per heavy atom. The van der Waals surface area contributed by atoms with Gasteiger partial charge in [0.2, 0.25) is 0 Å². The van der Waals surface area contributed by atoms with E-state index >= 15 is 0 Å². The highest BCUT2D eigenvalue weighted by Crippen LogP contribution is 2.23. The molecule has 1 aromatic rings. The lowest BCUT2D eigenvalue weighted by atomic mass is 9.99. The minimum atomic E-state index is -1.42. The van der Waals surface area contributed by atoms with Gasteiger partial charge in [-0.15, -0.1) is 0 Å². The summed E-state index contributed by atoms with van der Waals surface area (Å²) in [6.07, 6.45) is -6.20. The summed E-state index contributed by atoms with van der Waals surface area (Å²) in [5.41, 5.74) is 6.99. The van der Waals surface area contributed by atoms with Gasteiger partial charge >= 0.3 is 0 Å². The number of hydrogen-bond donors (Lipinski definition) is 5. The van der Waals surface area contributed by atoms with Crippen LogP contribution in [0.5, 0.6) is 0 Å². The Bertz CT molecular complexity index is 425. The lowest BCUT2D eigenvalue weighted by Crippen LogP contribution is -2.59. The first-order chi connectivity index (χ1) is 9.52. The zero-order valence-corrected chi connectivity index (χ0v) is 10.8. The number of rotatable bonds is 4. The molecule has 1 saturated heterocycles. The summed E-state index contributed by atoms with van der Waals surface area (Å²) in [7, 11) is 0. The van der Waals surface area contributed by atoms with Gasteiger partial charge in [0.15, 0.2) is 6.29 Å². The molecule has 20 heavy (non-hydrogen) atoms. The van der Waals surface area contributed by atoms with Gasteiger partial charge in [-0.1, -0.05) is 12.1 Å². The second kappa shape index (κ2) is 6.49. The van der Waals surface area contributed by atoms with Crippen LogP contribution in [0.2, 0.25) is 0 Å². The highest BCUT2D eigenvalue weighted by Gasteiger charge is 2.44. The first-order valence-corrected chi connectivity index (χ1v) is 6.29. The predicted octanol–water partition coefficient (Wildman–Crippen LogP) is -1.41. The van der Waals surface area contributed by atoms with Gasteiger partial charge < -0.3 is 35.6 Å². The lowest BCUT2D eigenvalue weighted by molar-refractivity contribution is -0.298. The van der Waals surface area contributed by atoms with Gasteiger partial charge in [-0.3, -0.25) is 0 Å². The third kappa shape index (κ3) is 3.26. The van der Waals surface area contributed by atoms with E-state index in [0.717, 1.165) is 5.56 Å². The maximum atomic E-state index is 9.89. The van der Waals surface area contributed by atoms with Gasteiger partial charge in [-0.05, 0) is 17.7 Å². The number of aliphatic hydroxyl groups is 4. The summed E-state index contributed by atoms with van der Waals surface area (Å²) in [5.74, 6) is 0. The van der Waals surface area contributed by atoms with Crippen molar-refractivity contribution in [3.05, 3.63) is 29.8 Å². The number of ether oxygens (including phenoxy) is 2. The fraction of sp³-hybridized carbons (Fsp3) is 0.538. The van der Waals surface area contributed by atoms with E-state index in [9.17, 15) is 15.3 Å². The van der Waals surface area contributed by atoms with Crippen LogP contribution in [0, 0.1) is 0 Å². The Hall–Kier alpha value is -1.22. The first-order valence-electron chi connectivity index (χ1n) is 6.29. The van der Waals surface area contributed by atoms with Crippen LogP contribution in [-0.2, 0) is 16.1 Å². The summed E-state index contributed by atoms with van der Waals surface area (Å²) in [5, 5.41) is 38.3. The van der Waals surface area contributed by atoms with Crippen LogP contribution in [0.15, 0.2) is 24.3 Å². The second-order valence-corrected chi connectivity index (χ2v) is 4.75. The Labute approximate surface area is 116 Å². The van der Waals surface area contributed by atoms with Crippen LogP contribution in [0.3, 0.4) is 0 Å². The molecule has 0 amide bonds. The number of hydrogen-bond acceptors (Lipinski definition) is 7. The molecule has 0 radical (unpaired) electrons. The number of anilines is 1. The third-order valence-corrected chi connectivity index (χ3v) is 3.26. The van der Waals surface area contributed by atoms with Crippen molar-refractivity contribution in [3.8, 4) is 0 Å². The van der Waals surface area contributed by atoms with Crippen LogP contribution in [0.25, 0.3) is 0 Å². The Morgan fingerprint density at radius 1 is 1.10 bits per heavy atom. The molecular formula is C13H19NO6. The van der Waals surface area contributed by atoms with Crippen LogP contribution in [-0.4, -0.2) is 57.7 Å². The molecule has 1 heterocycles. The predicted molar refractivity (Wildman–Crippen MR) is 69.4 cm³/mol. The van der Waals surface area contributed by atoms with E-state index in [4.69, 9.17) is 20.3 Å². The van der Waals surface area contributed by atoms with Crippen LogP contribution in [0.1, 0.15) is 5.56 Å². The highest BCUT2D eigenvalue weighted by molar-refractivity contribution is 5.39. The van der Waals surface area contributed by atoms with Crippen molar-refractivity contribution in [2.24, 2.45) is 0 Å². The second-order valence-electron chi connectivity index (χ2n) is 4.75. The van der Waals surface area contributed by atoms with Crippen molar-refractivity contribution in [2.45, 2.75) is 37.3 Å². The number of nitrogen functional groups attached to an aromatic ring is 1. The van der Waals surface area contributed by atoms with Gasteiger partial charge in [0.25, 0.3) is 0 Å². The molecule has 1 unspecified atom stereocenters. The standard InChI is InChI=1S/C13H19NO6/c14-8-3-1-7(2-4-8)6-19-12-11(17)10(16)9(5-15)20-13(12)18/h1-4,9-13,15-18H,5-6,14H2/t9-,10-,11+,12-,13?/m1/s1. The maximum absolute atomic E-state index is 9.89. The van der Waals surface area contributed by atoms with E-state index < -0.39 is 37.3 Å². The van der Waals surface area contributed by atoms with Crippen LogP contribution >= 0.6 is 0 Å². The summed E-state index contributed by atoms with van der Waals surface area (Å²) < 4.78 is 10.4. The van der Waals surface area contributed by atoms with Gasteiger partial charge in [-0.2, -0.15) is 0 Å². The average Bonchev–Trinajstić information content (AvgIpc) is 2.44. The minimum absolute atomic E-state index is 0.124. The summed E-state index contributed by atoms with van der Waals surface area (Å²) >= 11 is 0. The van der Waals surface area contributed by atoms with Crippen molar-refractivity contribution in [1.29, 1.82) is 0 Å². The maximum Gasteiger partial charge on any atom is 0.184 e. The van der Waals surface area contributed by atoms with Gasteiger partial charge in [0.1, 0.15) is 24.4 Å². The smallest absolute Gasteiger partial charge is 0.184 e. The molecule has 0 spiro atoms. The van der Waals surface area contributed by atoms with E-state index in [0.29, 0.717) is 5.69 Å². The number of aliphatic hydroxyl groups excluding tert-OH is 4. The largest absolute Gasteiger partial charge is 0.399 e. The van der Waals surface area contributed by atoms with Crippen LogP contribution < -0.4 is 5.73 Å². The molecule has 5 atom stereocenters. The van der Waals surface area contributed by atoms with Gasteiger partial charge in [-0.25, -0.2) is 0 Å². The molecule has 0 aliphatic carbocycles. The Kier molecular flexibility index (Phi) is 4.92. The third-order valence-electron chi connectivity index (χ3n) is 3.26. The number of benzene rings is 1. The SMILES string of the molecule is Nc1ccc(CO[C@H]2C(O)O[C@H](CO)[C@@H](O)[C@@H]2O)cc1. The highest BCUT2D eigenvalue weighted by atomic mass is 16.7. The van der Waals surface area contributed by atoms with Gasteiger partial charge in [0.05, 0.1) is 13.2 Å². The van der Waals surface area contributed by atoms with E-state index in [1.807, 2.05) is 0 Å². The monoisotopic (exact) mass is 285 g/mol. The van der Waals surface area contributed by atoms with Gasteiger partial charge in [0, 0.05) is 5.69 Å². The van der Waals surface area contributed by atoms with Crippen molar-refractivity contribution >= 4 is 5.69 Å². The topological polar surface area (TPSA) is 125 Å². The molecule has 0 aromatic heterocycles. The fourth-order valence-electron chi connectivity index (χ4n) is 2.06. The van der Waals surface area contributed by atoms with Crippen molar-refractivity contribution in [2.75, 3.05) is 12.3 Å². The summed E-state index contributed by atoms with van der Waals surface area (Å²) in [6.45, 7) is -0.376. The van der Waals surface area contributed by atoms with E-state index in [-0.39, 0.29) is 6.61 Å². The van der Waals surface area contributed by atoms with Crippen molar-refractivity contribution in [1.82, 2.24) is 0 Å². The van der Waals surface area contributed by atoms with E-state index in [1.54, 1.807) is 24.3 Å². The van der Waals surface area contributed by atoms with Crippen LogP contribution in [0.4, 0.5) is 5.69 Å². The molecule has 1 aliphatic heterocycles. The summed E-state index contributed by atoms with van der Waals surface area (Å²) in [4.78, 5) is 0. The molecule has 1 aromatic carbocycles. The molecule has 112 valence electrons. The molecule has 1 fully saturated rings. The molecular weight excluding hydrogens is 266 g/mol. The zero-order chi connectivity index (χ0) is 14.7. The molecule has 6 N–H and O–H groups in total. The fourth-order valence-corrected chi connectivity index (χ4v) is 2.06. The quantitative estimate of drug-likeness (QED) is 0.430. The molecule has 0 bridgehead atoms. The number of nitrogens with two attached hydrogens (primary N) is 1. The molecule has 7 heteroatoms. The van der Waals surface area contributed by atoms with E-state index in [1.165, 1.54) is 0 Å². The normalized spacial score (nSPS) is 34.1. The summed E-state index contributed by atoms with van der Waals surface area (Å²) in [6, 6.07) is 6.93. The molecule has 1 aliphatic rings. The first kappa shape index (κ1) is 15.2. The van der Waals surface area contributed by atoms with Crippen molar-refractivity contribution in [3.63, 3.8) is 0 Å². The zero-order valence-electron chi connectivity index (χ0n) is 10.8. The Balaban J connectivity index is 1.96. The molecule has 2 rings (SSSR count). The average molecular weight is 285 g/mol. The molecule has 7 nitrogen and oxygen atoms in total. The van der Waals surface area contributed by atoms with Crippen molar-refractivity contribution < 1.29 is 29.9 Å². The molecule has 0 saturated carbocycles. The Morgan fingerprint density at radius 2 is 1.75 bits per heavy atom.